The monoisotopic (exact) mass is 303 g/mol. The van der Waals surface area contributed by atoms with Crippen LogP contribution in [0, 0.1) is 5.92 Å². The van der Waals surface area contributed by atoms with Crippen LogP contribution in [0.2, 0.25) is 0 Å². The summed E-state index contributed by atoms with van der Waals surface area (Å²) in [6, 6.07) is 9.06. The Morgan fingerprint density at radius 2 is 2.09 bits per heavy atom. The second kappa shape index (κ2) is 6.57. The molecule has 4 atom stereocenters. The zero-order valence-corrected chi connectivity index (χ0v) is 13.0. The van der Waals surface area contributed by atoms with E-state index >= 15 is 0 Å². The summed E-state index contributed by atoms with van der Waals surface area (Å²) >= 11 is 0. The van der Waals surface area contributed by atoms with Crippen molar-refractivity contribution in [2.45, 2.75) is 50.5 Å². The predicted molar refractivity (Wildman–Crippen MR) is 84.8 cm³/mol. The molecule has 0 radical (unpaired) electrons. The fourth-order valence-corrected chi connectivity index (χ4v) is 4.01. The lowest BCUT2D eigenvalue weighted by atomic mass is 9.82. The molecule has 4 heteroatoms. The van der Waals surface area contributed by atoms with Crippen molar-refractivity contribution in [3.63, 3.8) is 0 Å². The minimum absolute atomic E-state index is 0.0441. The molecule has 1 aromatic rings. The molecule has 120 valence electrons. The zero-order valence-electron chi connectivity index (χ0n) is 13.0. The SMILES string of the molecule is c1ccc2c(c1)NC(CCCOC1CCCO1)C1CCOC21. The highest BCUT2D eigenvalue weighted by atomic mass is 16.7. The van der Waals surface area contributed by atoms with E-state index in [1.807, 2.05) is 0 Å². The van der Waals surface area contributed by atoms with Gasteiger partial charge in [-0.3, -0.25) is 0 Å². The van der Waals surface area contributed by atoms with Crippen LogP contribution in [0.5, 0.6) is 0 Å². The molecule has 0 spiro atoms. The van der Waals surface area contributed by atoms with Gasteiger partial charge in [0.1, 0.15) is 0 Å². The van der Waals surface area contributed by atoms with Gasteiger partial charge in [-0.15, -0.1) is 0 Å². The van der Waals surface area contributed by atoms with Crippen molar-refractivity contribution >= 4 is 5.69 Å². The summed E-state index contributed by atoms with van der Waals surface area (Å²) in [4.78, 5) is 0. The van der Waals surface area contributed by atoms with E-state index in [-0.39, 0.29) is 12.4 Å². The van der Waals surface area contributed by atoms with E-state index in [2.05, 4.69) is 29.6 Å². The number of nitrogens with one attached hydrogen (secondary N) is 1. The first-order valence-corrected chi connectivity index (χ1v) is 8.62. The van der Waals surface area contributed by atoms with E-state index in [0.29, 0.717) is 12.0 Å². The normalized spacial score (nSPS) is 33.3. The number of hydrogen-bond acceptors (Lipinski definition) is 4. The first-order chi connectivity index (χ1) is 10.9. The smallest absolute Gasteiger partial charge is 0.157 e. The Balaban J connectivity index is 1.34. The number of fused-ring (bicyclic) bond motifs is 3. The van der Waals surface area contributed by atoms with Gasteiger partial charge in [0.25, 0.3) is 0 Å². The van der Waals surface area contributed by atoms with Crippen LogP contribution in [0.25, 0.3) is 0 Å². The van der Waals surface area contributed by atoms with Crippen LogP contribution in [0.3, 0.4) is 0 Å². The van der Waals surface area contributed by atoms with Crippen molar-refractivity contribution < 1.29 is 14.2 Å². The maximum Gasteiger partial charge on any atom is 0.157 e. The number of hydrogen-bond donors (Lipinski definition) is 1. The summed E-state index contributed by atoms with van der Waals surface area (Å²) in [5, 5.41) is 3.73. The molecule has 3 aliphatic rings. The van der Waals surface area contributed by atoms with Gasteiger partial charge in [0.2, 0.25) is 0 Å². The van der Waals surface area contributed by atoms with Crippen LogP contribution in [-0.2, 0) is 14.2 Å². The first kappa shape index (κ1) is 14.5. The minimum Gasteiger partial charge on any atom is -0.382 e. The van der Waals surface area contributed by atoms with Crippen LogP contribution < -0.4 is 5.32 Å². The topological polar surface area (TPSA) is 39.7 Å². The van der Waals surface area contributed by atoms with Crippen molar-refractivity contribution in [1.29, 1.82) is 0 Å². The van der Waals surface area contributed by atoms with Gasteiger partial charge in [-0.05, 0) is 31.7 Å². The molecule has 4 nitrogen and oxygen atoms in total. The highest BCUT2D eigenvalue weighted by molar-refractivity contribution is 5.55. The summed E-state index contributed by atoms with van der Waals surface area (Å²) in [6.07, 6.45) is 5.86. The molecule has 1 aromatic carbocycles. The maximum absolute atomic E-state index is 6.01. The van der Waals surface area contributed by atoms with E-state index in [1.165, 1.54) is 11.3 Å². The lowest BCUT2D eigenvalue weighted by molar-refractivity contribution is -0.111. The number of anilines is 1. The van der Waals surface area contributed by atoms with E-state index in [4.69, 9.17) is 14.2 Å². The summed E-state index contributed by atoms with van der Waals surface area (Å²) < 4.78 is 17.3. The van der Waals surface area contributed by atoms with Gasteiger partial charge in [0.15, 0.2) is 6.29 Å². The third-order valence-electron chi connectivity index (χ3n) is 5.11. The molecule has 0 amide bonds. The largest absolute Gasteiger partial charge is 0.382 e. The molecule has 1 N–H and O–H groups in total. The van der Waals surface area contributed by atoms with E-state index in [9.17, 15) is 0 Å². The van der Waals surface area contributed by atoms with E-state index < -0.39 is 0 Å². The van der Waals surface area contributed by atoms with E-state index in [1.54, 1.807) is 0 Å². The second-order valence-electron chi connectivity index (χ2n) is 6.54. The molecule has 22 heavy (non-hydrogen) atoms. The molecule has 4 unspecified atom stereocenters. The predicted octanol–water partition coefficient (Wildman–Crippen LogP) is 3.49. The lowest BCUT2D eigenvalue weighted by Gasteiger charge is -2.36. The Hall–Kier alpha value is -1.10. The maximum atomic E-state index is 6.01. The van der Waals surface area contributed by atoms with Gasteiger partial charge >= 0.3 is 0 Å². The van der Waals surface area contributed by atoms with Gasteiger partial charge in [-0.1, -0.05) is 18.2 Å². The Kier molecular flexibility index (Phi) is 4.33. The van der Waals surface area contributed by atoms with Crippen LogP contribution >= 0.6 is 0 Å². The number of para-hydroxylation sites is 1. The fourth-order valence-electron chi connectivity index (χ4n) is 4.01. The van der Waals surface area contributed by atoms with Crippen LogP contribution in [0.1, 0.15) is 43.8 Å². The van der Waals surface area contributed by atoms with Gasteiger partial charge in [0.05, 0.1) is 6.10 Å². The molecule has 0 aromatic heterocycles. The number of benzene rings is 1. The summed E-state index contributed by atoms with van der Waals surface area (Å²) in [5.74, 6) is 0.595. The lowest BCUT2D eigenvalue weighted by Crippen LogP contribution is -2.36. The van der Waals surface area contributed by atoms with Crippen LogP contribution in [-0.4, -0.2) is 32.2 Å². The third kappa shape index (κ3) is 2.87. The number of rotatable bonds is 5. The van der Waals surface area contributed by atoms with Crippen molar-refractivity contribution in [3.8, 4) is 0 Å². The van der Waals surface area contributed by atoms with Crippen LogP contribution in [0.4, 0.5) is 5.69 Å². The second-order valence-corrected chi connectivity index (χ2v) is 6.54. The Labute approximate surface area is 132 Å². The molecule has 0 saturated carbocycles. The Morgan fingerprint density at radius 1 is 1.14 bits per heavy atom. The highest BCUT2D eigenvalue weighted by Gasteiger charge is 2.40. The minimum atomic E-state index is 0.0441. The third-order valence-corrected chi connectivity index (χ3v) is 5.11. The van der Waals surface area contributed by atoms with Gasteiger partial charge < -0.3 is 19.5 Å². The molecule has 4 rings (SSSR count). The van der Waals surface area contributed by atoms with E-state index in [0.717, 1.165) is 51.9 Å². The molecule has 3 aliphatic heterocycles. The quantitative estimate of drug-likeness (QED) is 0.845. The molecule has 0 aliphatic carbocycles. The van der Waals surface area contributed by atoms with Crippen LogP contribution in [0.15, 0.2) is 24.3 Å². The Bertz CT molecular complexity index is 501. The standard InChI is InChI=1S/C18H25NO3/c1-2-6-15-13(5-1)18-14(9-12-22-18)16(19-15)7-3-10-20-17-8-4-11-21-17/h1-2,5-6,14,16-19H,3-4,7-12H2. The molecule has 2 saturated heterocycles. The van der Waals surface area contributed by atoms with Crippen molar-refractivity contribution in [2.24, 2.45) is 5.92 Å². The fraction of sp³-hybridized carbons (Fsp3) is 0.667. The summed E-state index contributed by atoms with van der Waals surface area (Å²) in [6.45, 7) is 2.53. The van der Waals surface area contributed by atoms with Crippen molar-refractivity contribution in [3.05, 3.63) is 29.8 Å². The molecule has 0 bridgehead atoms. The van der Waals surface area contributed by atoms with Crippen molar-refractivity contribution in [2.75, 3.05) is 25.1 Å². The van der Waals surface area contributed by atoms with Gasteiger partial charge in [0, 0.05) is 49.5 Å². The Morgan fingerprint density at radius 3 is 3.00 bits per heavy atom. The number of ether oxygens (including phenoxy) is 3. The average molecular weight is 303 g/mol. The first-order valence-electron chi connectivity index (χ1n) is 8.62. The van der Waals surface area contributed by atoms with Crippen molar-refractivity contribution in [1.82, 2.24) is 0 Å². The average Bonchev–Trinajstić information content (AvgIpc) is 3.23. The van der Waals surface area contributed by atoms with Gasteiger partial charge in [-0.25, -0.2) is 0 Å². The zero-order chi connectivity index (χ0) is 14.8. The highest BCUT2D eigenvalue weighted by Crippen LogP contribution is 2.45. The molecule has 2 fully saturated rings. The van der Waals surface area contributed by atoms with Gasteiger partial charge in [-0.2, -0.15) is 0 Å². The molecular weight excluding hydrogens is 278 g/mol. The summed E-state index contributed by atoms with van der Waals surface area (Å²) in [5.41, 5.74) is 2.58. The molecular formula is C18H25NO3. The summed E-state index contributed by atoms with van der Waals surface area (Å²) in [7, 11) is 0. The molecule has 3 heterocycles.